The highest BCUT2D eigenvalue weighted by atomic mass is 127. The predicted molar refractivity (Wildman–Crippen MR) is 71.5 cm³/mol. The highest BCUT2D eigenvalue weighted by Gasteiger charge is 2.02. The third-order valence-corrected chi connectivity index (χ3v) is 2.88. The summed E-state index contributed by atoms with van der Waals surface area (Å²) in [6, 6.07) is 7.60. The van der Waals surface area contributed by atoms with Gasteiger partial charge in [0.1, 0.15) is 0 Å². The van der Waals surface area contributed by atoms with Crippen molar-refractivity contribution in [1.29, 1.82) is 0 Å². The largest absolute Gasteiger partial charge is 0.308 e. The maximum absolute atomic E-state index is 11.9. The summed E-state index contributed by atoms with van der Waals surface area (Å²) < 4.78 is 2.75. The molecule has 0 saturated heterocycles. The second-order valence-electron chi connectivity index (χ2n) is 3.60. The van der Waals surface area contributed by atoms with Crippen molar-refractivity contribution in [2.75, 3.05) is 0 Å². The van der Waals surface area contributed by atoms with E-state index in [0.29, 0.717) is 6.54 Å². The van der Waals surface area contributed by atoms with Gasteiger partial charge >= 0.3 is 0 Å². The maximum Gasteiger partial charge on any atom is 0.253 e. The summed E-state index contributed by atoms with van der Waals surface area (Å²) in [4.78, 5) is 16.1. The number of aryl methyl sites for hydroxylation is 1. The molecule has 0 amide bonds. The molecule has 3 nitrogen and oxygen atoms in total. The minimum Gasteiger partial charge on any atom is -0.308 e. The molecule has 0 aliphatic carbocycles. The van der Waals surface area contributed by atoms with Crippen molar-refractivity contribution in [2.45, 2.75) is 13.5 Å². The Balaban J connectivity index is 2.39. The molecule has 0 bridgehead atoms. The number of aromatic nitrogens is 2. The molecule has 0 saturated carbocycles. The smallest absolute Gasteiger partial charge is 0.253 e. The highest BCUT2D eigenvalue weighted by Crippen LogP contribution is 2.05. The van der Waals surface area contributed by atoms with Crippen LogP contribution in [0.4, 0.5) is 0 Å². The van der Waals surface area contributed by atoms with Crippen molar-refractivity contribution in [3.8, 4) is 0 Å². The summed E-state index contributed by atoms with van der Waals surface area (Å²) in [6.45, 7) is 2.36. The third-order valence-electron chi connectivity index (χ3n) is 2.29. The Kier molecular flexibility index (Phi) is 3.38. The lowest BCUT2D eigenvalue weighted by Crippen LogP contribution is -2.22. The van der Waals surface area contributed by atoms with Gasteiger partial charge in [0.2, 0.25) is 0 Å². The molecule has 0 atom stereocenters. The van der Waals surface area contributed by atoms with Gasteiger partial charge in [-0.3, -0.25) is 9.78 Å². The first-order valence-corrected chi connectivity index (χ1v) is 6.01. The second-order valence-corrected chi connectivity index (χ2v) is 4.84. The molecule has 0 N–H and O–H groups in total. The van der Waals surface area contributed by atoms with Crippen LogP contribution in [0.1, 0.15) is 11.3 Å². The average molecular weight is 326 g/mol. The normalized spacial score (nSPS) is 10.4. The molecule has 2 aromatic rings. The summed E-state index contributed by atoms with van der Waals surface area (Å²) in [6.07, 6.45) is 3.59. The van der Waals surface area contributed by atoms with E-state index in [-0.39, 0.29) is 5.56 Å². The number of halogens is 1. The standard InChI is InChI=1S/C12H11IN2O/c1-9-6-10(13)7-15(12(9)16)8-11-4-2-3-5-14-11/h2-7H,8H2,1H3. The minimum atomic E-state index is 0.0473. The lowest BCUT2D eigenvalue weighted by molar-refractivity contribution is 0.730. The quantitative estimate of drug-likeness (QED) is 0.793. The van der Waals surface area contributed by atoms with Gasteiger partial charge < -0.3 is 4.57 Å². The Hall–Kier alpha value is -1.17. The van der Waals surface area contributed by atoms with E-state index in [1.165, 1.54) is 0 Å². The van der Waals surface area contributed by atoms with Crippen LogP contribution in [-0.4, -0.2) is 9.55 Å². The van der Waals surface area contributed by atoms with E-state index in [4.69, 9.17) is 0 Å². The van der Waals surface area contributed by atoms with Crippen molar-refractivity contribution in [3.05, 3.63) is 61.8 Å². The van der Waals surface area contributed by atoms with Gasteiger partial charge in [-0.25, -0.2) is 0 Å². The molecule has 0 aromatic carbocycles. The molecular formula is C12H11IN2O. The van der Waals surface area contributed by atoms with Gasteiger partial charge in [-0.15, -0.1) is 0 Å². The zero-order valence-corrected chi connectivity index (χ0v) is 11.0. The summed E-state index contributed by atoms with van der Waals surface area (Å²) in [5, 5.41) is 0. The molecule has 0 radical (unpaired) electrons. The fraction of sp³-hybridized carbons (Fsp3) is 0.167. The van der Waals surface area contributed by atoms with Crippen LogP contribution in [0.25, 0.3) is 0 Å². The Morgan fingerprint density at radius 1 is 1.44 bits per heavy atom. The van der Waals surface area contributed by atoms with Crippen LogP contribution in [0.2, 0.25) is 0 Å². The lowest BCUT2D eigenvalue weighted by Gasteiger charge is -2.06. The summed E-state index contributed by atoms with van der Waals surface area (Å²) in [7, 11) is 0. The zero-order chi connectivity index (χ0) is 11.5. The molecule has 0 unspecified atom stereocenters. The molecule has 2 aromatic heterocycles. The summed E-state index contributed by atoms with van der Waals surface area (Å²) in [5.41, 5.74) is 1.71. The first-order chi connectivity index (χ1) is 7.66. The van der Waals surface area contributed by atoms with Gasteiger partial charge in [-0.1, -0.05) is 6.07 Å². The fourth-order valence-corrected chi connectivity index (χ4v) is 2.33. The number of hydrogen-bond acceptors (Lipinski definition) is 2. The minimum absolute atomic E-state index is 0.0473. The van der Waals surface area contributed by atoms with Crippen molar-refractivity contribution in [3.63, 3.8) is 0 Å². The van der Waals surface area contributed by atoms with Crippen LogP contribution in [0.15, 0.2) is 41.5 Å². The van der Waals surface area contributed by atoms with Gasteiger partial charge in [0.05, 0.1) is 12.2 Å². The topological polar surface area (TPSA) is 34.9 Å². The van der Waals surface area contributed by atoms with Crippen LogP contribution >= 0.6 is 22.6 Å². The third kappa shape index (κ3) is 2.49. The van der Waals surface area contributed by atoms with E-state index in [2.05, 4.69) is 27.6 Å². The van der Waals surface area contributed by atoms with Gasteiger partial charge in [0, 0.05) is 21.5 Å². The molecular weight excluding hydrogens is 315 g/mol. The first kappa shape index (κ1) is 11.3. The Morgan fingerprint density at radius 3 is 2.94 bits per heavy atom. The van der Waals surface area contributed by atoms with Gasteiger partial charge in [-0.05, 0) is 47.7 Å². The van der Waals surface area contributed by atoms with E-state index in [0.717, 1.165) is 14.8 Å². The van der Waals surface area contributed by atoms with Gasteiger partial charge in [0.25, 0.3) is 5.56 Å². The lowest BCUT2D eigenvalue weighted by atomic mass is 10.3. The monoisotopic (exact) mass is 326 g/mol. The SMILES string of the molecule is Cc1cc(I)cn(Cc2ccccn2)c1=O. The van der Waals surface area contributed by atoms with E-state index >= 15 is 0 Å². The average Bonchev–Trinajstić information content (AvgIpc) is 2.27. The van der Waals surface area contributed by atoms with Crippen LogP contribution in [0.3, 0.4) is 0 Å². The maximum atomic E-state index is 11.9. The van der Waals surface area contributed by atoms with E-state index in [9.17, 15) is 4.79 Å². The molecule has 82 valence electrons. The van der Waals surface area contributed by atoms with Crippen LogP contribution in [-0.2, 0) is 6.54 Å². The van der Waals surface area contributed by atoms with Crippen molar-refractivity contribution in [1.82, 2.24) is 9.55 Å². The number of rotatable bonds is 2. The number of pyridine rings is 2. The highest BCUT2D eigenvalue weighted by molar-refractivity contribution is 14.1. The van der Waals surface area contributed by atoms with E-state index < -0.39 is 0 Å². The van der Waals surface area contributed by atoms with Crippen LogP contribution in [0.5, 0.6) is 0 Å². The van der Waals surface area contributed by atoms with Crippen molar-refractivity contribution in [2.24, 2.45) is 0 Å². The number of hydrogen-bond donors (Lipinski definition) is 0. The Morgan fingerprint density at radius 2 is 2.25 bits per heavy atom. The summed E-state index contributed by atoms with van der Waals surface area (Å²) in [5.74, 6) is 0. The molecule has 0 spiro atoms. The van der Waals surface area contributed by atoms with Crippen LogP contribution in [0, 0.1) is 10.5 Å². The predicted octanol–water partition coefficient (Wildman–Crippen LogP) is 2.20. The number of nitrogens with zero attached hydrogens (tertiary/aromatic N) is 2. The first-order valence-electron chi connectivity index (χ1n) is 4.93. The molecule has 0 aliphatic rings. The van der Waals surface area contributed by atoms with Gasteiger partial charge in [0.15, 0.2) is 0 Å². The van der Waals surface area contributed by atoms with E-state index in [1.807, 2.05) is 37.4 Å². The second kappa shape index (κ2) is 4.78. The fourth-order valence-electron chi connectivity index (χ4n) is 1.52. The van der Waals surface area contributed by atoms with Crippen molar-refractivity contribution < 1.29 is 0 Å². The van der Waals surface area contributed by atoms with Crippen molar-refractivity contribution >= 4 is 22.6 Å². The summed E-state index contributed by atoms with van der Waals surface area (Å²) >= 11 is 2.21. The Labute approximate surface area is 107 Å². The molecule has 4 heteroatoms. The van der Waals surface area contributed by atoms with Gasteiger partial charge in [-0.2, -0.15) is 0 Å². The van der Waals surface area contributed by atoms with E-state index in [1.54, 1.807) is 10.8 Å². The molecule has 0 aliphatic heterocycles. The molecule has 2 rings (SSSR count). The zero-order valence-electron chi connectivity index (χ0n) is 8.85. The van der Waals surface area contributed by atoms with Crippen LogP contribution < -0.4 is 5.56 Å². The Bertz CT molecular complexity index is 549. The molecule has 16 heavy (non-hydrogen) atoms. The molecule has 0 fully saturated rings. The molecule has 2 heterocycles.